The van der Waals surface area contributed by atoms with E-state index in [1.54, 1.807) is 55.5 Å². The van der Waals surface area contributed by atoms with Gasteiger partial charge in [-0.25, -0.2) is 0 Å². The highest BCUT2D eigenvalue weighted by Crippen LogP contribution is 2.16. The molecular formula is C18H18N2O4. The number of benzene rings is 2. The van der Waals surface area contributed by atoms with Crippen molar-refractivity contribution in [1.82, 2.24) is 0 Å². The number of carbonyl (C=O) groups excluding carboxylic acids is 3. The van der Waals surface area contributed by atoms with Crippen LogP contribution in [0, 0.1) is 0 Å². The largest absolute Gasteiger partial charge is 0.481 e. The molecule has 2 aromatic rings. The summed E-state index contributed by atoms with van der Waals surface area (Å²) in [6.45, 7) is 3.06. The van der Waals surface area contributed by atoms with Crippen LogP contribution in [0.4, 0.5) is 11.4 Å². The van der Waals surface area contributed by atoms with Crippen molar-refractivity contribution in [3.8, 4) is 5.75 Å². The second-order valence-electron chi connectivity index (χ2n) is 5.19. The summed E-state index contributed by atoms with van der Waals surface area (Å²) in [5.41, 5.74) is 1.79. The van der Waals surface area contributed by atoms with Gasteiger partial charge >= 0.3 is 0 Å². The number of rotatable bonds is 6. The molecule has 0 aliphatic carbocycles. The quantitative estimate of drug-likeness (QED) is 0.799. The van der Waals surface area contributed by atoms with Gasteiger partial charge in [0.1, 0.15) is 12.0 Å². The van der Waals surface area contributed by atoms with E-state index in [2.05, 4.69) is 10.6 Å². The van der Waals surface area contributed by atoms with Crippen molar-refractivity contribution < 1.29 is 19.1 Å². The maximum absolute atomic E-state index is 12.1. The Kier molecular flexibility index (Phi) is 5.68. The third kappa shape index (κ3) is 4.95. The standard InChI is InChI=1S/C18H18N2O4/c1-12(24-17-9-3-14(11-21)4-10-17)18(23)20-16-7-5-15(6-8-16)19-13(2)22/h3-12H,1-2H3,(H,19,22)(H,20,23). The van der Waals surface area contributed by atoms with Crippen LogP contribution in [-0.4, -0.2) is 24.2 Å². The topological polar surface area (TPSA) is 84.5 Å². The Morgan fingerprint density at radius 3 is 2.00 bits per heavy atom. The van der Waals surface area contributed by atoms with E-state index < -0.39 is 6.10 Å². The minimum absolute atomic E-state index is 0.158. The summed E-state index contributed by atoms with van der Waals surface area (Å²) in [5, 5.41) is 5.38. The molecule has 0 bridgehead atoms. The van der Waals surface area contributed by atoms with Gasteiger partial charge in [0.25, 0.3) is 5.91 Å². The van der Waals surface area contributed by atoms with Crippen molar-refractivity contribution in [3.63, 3.8) is 0 Å². The van der Waals surface area contributed by atoms with Crippen LogP contribution in [-0.2, 0) is 9.59 Å². The molecule has 2 aromatic carbocycles. The lowest BCUT2D eigenvalue weighted by Crippen LogP contribution is -2.30. The summed E-state index contributed by atoms with van der Waals surface area (Å²) in [5.74, 6) is 0.0420. The first-order valence-electron chi connectivity index (χ1n) is 7.38. The third-order valence-electron chi connectivity index (χ3n) is 3.17. The highest BCUT2D eigenvalue weighted by atomic mass is 16.5. The molecule has 0 spiro atoms. The van der Waals surface area contributed by atoms with Gasteiger partial charge in [0.15, 0.2) is 6.10 Å². The molecule has 1 unspecified atom stereocenters. The van der Waals surface area contributed by atoms with Gasteiger partial charge in [0.05, 0.1) is 0 Å². The fraction of sp³-hybridized carbons (Fsp3) is 0.167. The van der Waals surface area contributed by atoms with Gasteiger partial charge in [-0.3, -0.25) is 14.4 Å². The molecule has 0 aromatic heterocycles. The maximum Gasteiger partial charge on any atom is 0.265 e. The number of anilines is 2. The van der Waals surface area contributed by atoms with Crippen LogP contribution in [0.1, 0.15) is 24.2 Å². The molecule has 124 valence electrons. The number of amides is 2. The van der Waals surface area contributed by atoms with Gasteiger partial charge in [-0.15, -0.1) is 0 Å². The van der Waals surface area contributed by atoms with Crippen molar-refractivity contribution in [2.75, 3.05) is 10.6 Å². The lowest BCUT2D eigenvalue weighted by Gasteiger charge is -2.15. The van der Waals surface area contributed by atoms with E-state index in [1.807, 2.05) is 0 Å². The molecule has 2 N–H and O–H groups in total. The van der Waals surface area contributed by atoms with Crippen LogP contribution in [0.5, 0.6) is 5.75 Å². The smallest absolute Gasteiger partial charge is 0.265 e. The normalized spacial score (nSPS) is 11.2. The predicted molar refractivity (Wildman–Crippen MR) is 91.3 cm³/mol. The molecule has 0 fully saturated rings. The number of carbonyl (C=O) groups is 3. The molecule has 24 heavy (non-hydrogen) atoms. The number of hydrogen-bond donors (Lipinski definition) is 2. The monoisotopic (exact) mass is 326 g/mol. The van der Waals surface area contributed by atoms with Gasteiger partial charge in [-0.1, -0.05) is 0 Å². The second kappa shape index (κ2) is 7.92. The fourth-order valence-corrected chi connectivity index (χ4v) is 1.97. The Hall–Kier alpha value is -3.15. The summed E-state index contributed by atoms with van der Waals surface area (Å²) in [6.07, 6.45) is 0.0342. The van der Waals surface area contributed by atoms with Crippen LogP contribution in [0.15, 0.2) is 48.5 Å². The van der Waals surface area contributed by atoms with Gasteiger partial charge in [-0.05, 0) is 55.5 Å². The van der Waals surface area contributed by atoms with Gasteiger partial charge in [0.2, 0.25) is 5.91 Å². The third-order valence-corrected chi connectivity index (χ3v) is 3.17. The summed E-state index contributed by atoms with van der Waals surface area (Å²) in [4.78, 5) is 33.7. The molecule has 6 nitrogen and oxygen atoms in total. The molecule has 2 amide bonds. The van der Waals surface area contributed by atoms with E-state index >= 15 is 0 Å². The number of ether oxygens (including phenoxy) is 1. The van der Waals surface area contributed by atoms with Gasteiger partial charge < -0.3 is 15.4 Å². The van der Waals surface area contributed by atoms with Crippen LogP contribution >= 0.6 is 0 Å². The zero-order valence-corrected chi connectivity index (χ0v) is 13.4. The predicted octanol–water partition coefficient (Wildman–Crippen LogP) is 2.86. The Morgan fingerprint density at radius 2 is 1.50 bits per heavy atom. The summed E-state index contributed by atoms with van der Waals surface area (Å²) >= 11 is 0. The molecule has 0 radical (unpaired) electrons. The SMILES string of the molecule is CC(=O)Nc1ccc(NC(=O)C(C)Oc2ccc(C=O)cc2)cc1. The van der Waals surface area contributed by atoms with Crippen molar-refractivity contribution in [2.45, 2.75) is 20.0 Å². The van der Waals surface area contributed by atoms with E-state index in [0.717, 1.165) is 6.29 Å². The highest BCUT2D eigenvalue weighted by Gasteiger charge is 2.15. The first-order chi connectivity index (χ1) is 11.5. The van der Waals surface area contributed by atoms with E-state index in [9.17, 15) is 14.4 Å². The van der Waals surface area contributed by atoms with Crippen molar-refractivity contribution in [3.05, 3.63) is 54.1 Å². The fourth-order valence-electron chi connectivity index (χ4n) is 1.97. The zero-order chi connectivity index (χ0) is 17.5. The second-order valence-corrected chi connectivity index (χ2v) is 5.19. The van der Waals surface area contributed by atoms with Gasteiger partial charge in [0, 0.05) is 23.9 Å². The van der Waals surface area contributed by atoms with Crippen molar-refractivity contribution in [2.24, 2.45) is 0 Å². The van der Waals surface area contributed by atoms with Gasteiger partial charge in [-0.2, -0.15) is 0 Å². The average molecular weight is 326 g/mol. The highest BCUT2D eigenvalue weighted by molar-refractivity contribution is 5.94. The van der Waals surface area contributed by atoms with E-state index in [1.165, 1.54) is 6.92 Å². The Morgan fingerprint density at radius 1 is 0.958 bits per heavy atom. The lowest BCUT2D eigenvalue weighted by atomic mass is 10.2. The van der Waals surface area contributed by atoms with E-state index in [0.29, 0.717) is 22.7 Å². The number of nitrogens with one attached hydrogen (secondary N) is 2. The van der Waals surface area contributed by atoms with E-state index in [4.69, 9.17) is 4.74 Å². The molecule has 2 rings (SSSR count). The van der Waals surface area contributed by atoms with Crippen molar-refractivity contribution >= 4 is 29.5 Å². The first kappa shape index (κ1) is 17.2. The molecule has 0 heterocycles. The Bertz CT molecular complexity index is 724. The molecule has 0 saturated carbocycles. The van der Waals surface area contributed by atoms with Crippen LogP contribution in [0.3, 0.4) is 0 Å². The lowest BCUT2D eigenvalue weighted by molar-refractivity contribution is -0.122. The van der Waals surface area contributed by atoms with Crippen molar-refractivity contribution in [1.29, 1.82) is 0 Å². The Labute approximate surface area is 139 Å². The average Bonchev–Trinajstić information content (AvgIpc) is 2.56. The molecule has 0 aliphatic heterocycles. The molecule has 1 atom stereocenters. The number of hydrogen-bond acceptors (Lipinski definition) is 4. The molecule has 0 aliphatic rings. The Balaban J connectivity index is 1.92. The summed E-state index contributed by atoms with van der Waals surface area (Å²) < 4.78 is 5.54. The van der Waals surface area contributed by atoms with E-state index in [-0.39, 0.29) is 11.8 Å². The molecule has 6 heteroatoms. The first-order valence-corrected chi connectivity index (χ1v) is 7.38. The number of aldehydes is 1. The van der Waals surface area contributed by atoms with Crippen LogP contribution in [0.2, 0.25) is 0 Å². The molecular weight excluding hydrogens is 308 g/mol. The summed E-state index contributed by atoms with van der Waals surface area (Å²) in [6, 6.07) is 13.3. The molecule has 0 saturated heterocycles. The minimum atomic E-state index is -0.706. The maximum atomic E-state index is 12.1. The summed E-state index contributed by atoms with van der Waals surface area (Å²) in [7, 11) is 0. The minimum Gasteiger partial charge on any atom is -0.481 e. The van der Waals surface area contributed by atoms with Crippen LogP contribution in [0.25, 0.3) is 0 Å². The zero-order valence-electron chi connectivity index (χ0n) is 13.4. The van der Waals surface area contributed by atoms with Crippen LogP contribution < -0.4 is 15.4 Å².